The molecule has 0 aliphatic carbocycles. The Balaban J connectivity index is 1.15. The summed E-state index contributed by atoms with van der Waals surface area (Å²) in [5.74, 6) is 0.698. The van der Waals surface area contributed by atoms with Crippen LogP contribution in [0.2, 0.25) is 0 Å². The quantitative estimate of drug-likeness (QED) is 0.223. The maximum atomic E-state index is 6.10. The first kappa shape index (κ1) is 21.6. The largest absolute Gasteiger partial charge is 0.455 e. The molecule has 0 N–H and O–H groups in total. The Bertz CT molecular complexity index is 2010. The molecule has 0 radical (unpaired) electrons. The first-order valence-corrected chi connectivity index (χ1v) is 12.9. The van der Waals surface area contributed by atoms with Gasteiger partial charge in [0.15, 0.2) is 0 Å². The zero-order valence-electron chi connectivity index (χ0n) is 20.9. The van der Waals surface area contributed by atoms with Crippen molar-refractivity contribution in [3.63, 3.8) is 0 Å². The number of fused-ring (bicyclic) bond motifs is 7. The summed E-state index contributed by atoms with van der Waals surface area (Å²) in [4.78, 5) is 0. The molecule has 3 heterocycles. The molecule has 0 bridgehead atoms. The molecular weight excluding hydrogens is 480 g/mol. The SMILES string of the molecule is C(=Nn1c2ccccc2c2ccccc21)c1ccc2oc(C=Nn3c4ccccc4c4ccccc43)cc2c1. The predicted molar refractivity (Wildman–Crippen MR) is 161 cm³/mol. The molecule has 0 spiro atoms. The average Bonchev–Trinajstić information content (AvgIpc) is 3.65. The number of nitrogens with zero attached hydrogens (tertiary/aromatic N) is 4. The second kappa shape index (κ2) is 8.57. The van der Waals surface area contributed by atoms with Crippen molar-refractivity contribution in [2.45, 2.75) is 0 Å². The summed E-state index contributed by atoms with van der Waals surface area (Å²) in [6.45, 7) is 0. The van der Waals surface area contributed by atoms with Gasteiger partial charge < -0.3 is 4.42 Å². The Morgan fingerprint density at radius 3 is 1.46 bits per heavy atom. The standard InChI is InChI=1S/C34H22N4O/c1-5-13-30-26(9-1)27-10-2-6-14-31(27)37(30)35-21-23-17-18-34-24(19-23)20-25(39-34)22-36-38-32-15-7-3-11-28(32)29-12-4-8-16-33(29)38/h1-22H. The van der Waals surface area contributed by atoms with E-state index < -0.39 is 0 Å². The summed E-state index contributed by atoms with van der Waals surface area (Å²) in [7, 11) is 0. The van der Waals surface area contributed by atoms with Gasteiger partial charge in [-0.05, 0) is 54.1 Å². The molecule has 5 nitrogen and oxygen atoms in total. The van der Waals surface area contributed by atoms with Crippen molar-refractivity contribution in [1.29, 1.82) is 0 Å². The van der Waals surface area contributed by atoms with Crippen LogP contribution in [0.1, 0.15) is 11.3 Å². The van der Waals surface area contributed by atoms with E-state index in [1.807, 2.05) is 58.0 Å². The van der Waals surface area contributed by atoms with Gasteiger partial charge in [-0.3, -0.25) is 0 Å². The Kier molecular flexibility index (Phi) is 4.76. The van der Waals surface area contributed by atoms with Crippen LogP contribution in [0.25, 0.3) is 54.6 Å². The predicted octanol–water partition coefficient (Wildman–Crippen LogP) is 8.41. The van der Waals surface area contributed by atoms with Gasteiger partial charge in [0.1, 0.15) is 11.3 Å². The number of benzene rings is 5. The third-order valence-electron chi connectivity index (χ3n) is 7.29. The second-order valence-electron chi connectivity index (χ2n) is 9.63. The van der Waals surface area contributed by atoms with Crippen molar-refractivity contribution in [3.8, 4) is 0 Å². The van der Waals surface area contributed by atoms with Crippen LogP contribution in [0, 0.1) is 0 Å². The summed E-state index contributed by atoms with van der Waals surface area (Å²) in [5, 5.41) is 15.4. The van der Waals surface area contributed by atoms with Gasteiger partial charge >= 0.3 is 0 Å². The van der Waals surface area contributed by atoms with E-state index in [4.69, 9.17) is 14.6 Å². The highest BCUT2D eigenvalue weighted by atomic mass is 16.3. The zero-order valence-corrected chi connectivity index (χ0v) is 20.9. The molecule has 0 fully saturated rings. The molecule has 5 aromatic carbocycles. The van der Waals surface area contributed by atoms with Gasteiger partial charge in [-0.15, -0.1) is 0 Å². The number of furan rings is 1. The van der Waals surface area contributed by atoms with E-state index in [0.29, 0.717) is 5.76 Å². The van der Waals surface area contributed by atoms with Crippen molar-refractivity contribution >= 4 is 67.0 Å². The lowest BCUT2D eigenvalue weighted by molar-refractivity contribution is 0.607. The monoisotopic (exact) mass is 502 g/mol. The maximum Gasteiger partial charge on any atom is 0.148 e. The molecule has 184 valence electrons. The van der Waals surface area contributed by atoms with E-state index in [9.17, 15) is 0 Å². The molecule has 0 unspecified atom stereocenters. The van der Waals surface area contributed by atoms with Gasteiger partial charge in [0, 0.05) is 26.9 Å². The van der Waals surface area contributed by atoms with E-state index in [-0.39, 0.29) is 0 Å². The van der Waals surface area contributed by atoms with Crippen LogP contribution in [-0.2, 0) is 0 Å². The normalized spacial score (nSPS) is 12.4. The minimum absolute atomic E-state index is 0.698. The van der Waals surface area contributed by atoms with Gasteiger partial charge in [-0.1, -0.05) is 72.8 Å². The Morgan fingerprint density at radius 1 is 0.487 bits per heavy atom. The molecule has 8 rings (SSSR count). The number of hydrogen-bond donors (Lipinski definition) is 0. The van der Waals surface area contributed by atoms with Crippen LogP contribution in [-0.4, -0.2) is 21.8 Å². The van der Waals surface area contributed by atoms with Crippen molar-refractivity contribution < 1.29 is 4.42 Å². The minimum atomic E-state index is 0.698. The summed E-state index contributed by atoms with van der Waals surface area (Å²) in [6.07, 6.45) is 3.68. The molecule has 0 saturated carbocycles. The number of para-hydroxylation sites is 4. The zero-order chi connectivity index (χ0) is 25.8. The third kappa shape index (κ3) is 3.48. The fourth-order valence-electron chi connectivity index (χ4n) is 5.52. The lowest BCUT2D eigenvalue weighted by atomic mass is 10.2. The fourth-order valence-corrected chi connectivity index (χ4v) is 5.52. The number of hydrogen-bond acceptors (Lipinski definition) is 3. The lowest BCUT2D eigenvalue weighted by Gasteiger charge is -2.00. The van der Waals surface area contributed by atoms with Gasteiger partial charge in [-0.25, -0.2) is 9.35 Å². The summed E-state index contributed by atoms with van der Waals surface area (Å²) >= 11 is 0. The minimum Gasteiger partial charge on any atom is -0.455 e. The smallest absolute Gasteiger partial charge is 0.148 e. The van der Waals surface area contributed by atoms with E-state index >= 15 is 0 Å². The highest BCUT2D eigenvalue weighted by molar-refractivity contribution is 6.09. The third-order valence-corrected chi connectivity index (χ3v) is 7.29. The van der Waals surface area contributed by atoms with Crippen molar-refractivity contribution in [2.75, 3.05) is 0 Å². The molecule has 8 aromatic rings. The Labute approximate surface area is 223 Å². The number of aromatic nitrogens is 2. The van der Waals surface area contributed by atoms with Gasteiger partial charge in [0.05, 0.1) is 34.5 Å². The second-order valence-corrected chi connectivity index (χ2v) is 9.63. The molecule has 0 amide bonds. The summed E-state index contributed by atoms with van der Waals surface area (Å²) in [5.41, 5.74) is 6.11. The topological polar surface area (TPSA) is 47.7 Å². The van der Waals surface area contributed by atoms with Crippen LogP contribution >= 0.6 is 0 Å². The van der Waals surface area contributed by atoms with Crippen molar-refractivity contribution in [2.24, 2.45) is 10.2 Å². The maximum absolute atomic E-state index is 6.10. The molecule has 0 aliphatic rings. The van der Waals surface area contributed by atoms with Gasteiger partial charge in [0.25, 0.3) is 0 Å². The summed E-state index contributed by atoms with van der Waals surface area (Å²) in [6, 6.07) is 41.5. The van der Waals surface area contributed by atoms with Crippen LogP contribution in [0.3, 0.4) is 0 Å². The highest BCUT2D eigenvalue weighted by Gasteiger charge is 2.10. The van der Waals surface area contributed by atoms with Crippen LogP contribution in [0.5, 0.6) is 0 Å². The van der Waals surface area contributed by atoms with Crippen LogP contribution in [0.15, 0.2) is 136 Å². The lowest BCUT2D eigenvalue weighted by Crippen LogP contribution is -1.90. The average molecular weight is 503 g/mol. The summed E-state index contributed by atoms with van der Waals surface area (Å²) < 4.78 is 10.1. The van der Waals surface area contributed by atoms with E-state index in [0.717, 1.165) is 38.6 Å². The van der Waals surface area contributed by atoms with E-state index in [1.165, 1.54) is 21.5 Å². The molecule has 0 saturated heterocycles. The first-order valence-electron chi connectivity index (χ1n) is 12.9. The molecule has 0 aliphatic heterocycles. The molecule has 5 heteroatoms. The van der Waals surface area contributed by atoms with Gasteiger partial charge in [0.2, 0.25) is 0 Å². The molecule has 0 atom stereocenters. The first-order chi connectivity index (χ1) is 19.3. The van der Waals surface area contributed by atoms with Crippen LogP contribution < -0.4 is 0 Å². The Morgan fingerprint density at radius 2 is 0.949 bits per heavy atom. The van der Waals surface area contributed by atoms with Crippen molar-refractivity contribution in [1.82, 2.24) is 9.35 Å². The Hall–Kier alpha value is -5.42. The van der Waals surface area contributed by atoms with E-state index in [1.54, 1.807) is 6.21 Å². The molecule has 3 aromatic heterocycles. The number of rotatable bonds is 4. The van der Waals surface area contributed by atoms with Gasteiger partial charge in [-0.2, -0.15) is 10.2 Å². The van der Waals surface area contributed by atoms with Crippen LogP contribution in [0.4, 0.5) is 0 Å². The fraction of sp³-hybridized carbons (Fsp3) is 0. The van der Waals surface area contributed by atoms with E-state index in [2.05, 4.69) is 78.9 Å². The molecule has 39 heavy (non-hydrogen) atoms. The molecular formula is C34H22N4O. The highest BCUT2D eigenvalue weighted by Crippen LogP contribution is 2.30. The van der Waals surface area contributed by atoms with Crippen molar-refractivity contribution in [3.05, 3.63) is 133 Å².